The summed E-state index contributed by atoms with van der Waals surface area (Å²) in [6.07, 6.45) is 0. The molecule has 1 aromatic carbocycles. The molecule has 0 saturated carbocycles. The third-order valence-electron chi connectivity index (χ3n) is 4.01. The molecule has 0 spiro atoms. The normalized spacial score (nSPS) is 16.0. The number of hydrogen-bond acceptors (Lipinski definition) is 6. The van der Waals surface area contributed by atoms with Crippen LogP contribution >= 0.6 is 11.5 Å². The first-order chi connectivity index (χ1) is 11.2. The van der Waals surface area contributed by atoms with Crippen LogP contribution < -0.4 is 9.64 Å². The Balaban J connectivity index is 1.41. The Morgan fingerprint density at radius 1 is 1.13 bits per heavy atom. The van der Waals surface area contributed by atoms with Gasteiger partial charge in [-0.2, -0.15) is 4.37 Å². The Bertz CT molecular complexity index is 594. The van der Waals surface area contributed by atoms with Crippen LogP contribution in [0.4, 0.5) is 5.13 Å². The van der Waals surface area contributed by atoms with Gasteiger partial charge in [0.1, 0.15) is 18.2 Å². The van der Waals surface area contributed by atoms with E-state index >= 15 is 0 Å². The van der Waals surface area contributed by atoms with E-state index in [2.05, 4.69) is 33.0 Å². The van der Waals surface area contributed by atoms with Crippen LogP contribution in [0.25, 0.3) is 0 Å². The summed E-state index contributed by atoms with van der Waals surface area (Å²) in [4.78, 5) is 9.44. The number of benzene rings is 1. The van der Waals surface area contributed by atoms with Gasteiger partial charge in [0.25, 0.3) is 0 Å². The average Bonchev–Trinajstić information content (AvgIpc) is 3.07. The fourth-order valence-electron chi connectivity index (χ4n) is 2.56. The van der Waals surface area contributed by atoms with Crippen molar-refractivity contribution in [2.24, 2.45) is 0 Å². The Kier molecular flexibility index (Phi) is 5.46. The van der Waals surface area contributed by atoms with E-state index < -0.39 is 0 Å². The monoisotopic (exact) mass is 332 g/mol. The number of ether oxygens (including phenoxy) is 1. The molecule has 0 aliphatic carbocycles. The van der Waals surface area contributed by atoms with E-state index in [9.17, 15) is 0 Å². The topological polar surface area (TPSA) is 41.5 Å². The van der Waals surface area contributed by atoms with Crippen molar-refractivity contribution in [3.8, 4) is 5.75 Å². The standard InChI is InChI=1S/C17H24N4OS/c1-14(2)16-18-17(23-19-16)21-10-8-20(9-11-21)12-13-22-15-6-4-3-5-7-15/h3-7,14H,8-13H2,1-2H3. The molecule has 0 amide bonds. The van der Waals surface area contributed by atoms with Gasteiger partial charge in [-0.3, -0.25) is 4.90 Å². The molecule has 1 aliphatic rings. The van der Waals surface area contributed by atoms with Crippen molar-refractivity contribution < 1.29 is 4.74 Å². The molecule has 3 rings (SSSR count). The highest BCUT2D eigenvalue weighted by molar-refractivity contribution is 7.09. The van der Waals surface area contributed by atoms with Crippen molar-refractivity contribution in [3.63, 3.8) is 0 Å². The summed E-state index contributed by atoms with van der Waals surface area (Å²) in [5.74, 6) is 2.31. The molecule has 1 aromatic heterocycles. The van der Waals surface area contributed by atoms with Crippen molar-refractivity contribution >= 4 is 16.7 Å². The lowest BCUT2D eigenvalue weighted by Gasteiger charge is -2.34. The van der Waals surface area contributed by atoms with Crippen molar-refractivity contribution in [2.45, 2.75) is 19.8 Å². The summed E-state index contributed by atoms with van der Waals surface area (Å²) in [7, 11) is 0. The summed E-state index contributed by atoms with van der Waals surface area (Å²) < 4.78 is 10.2. The first-order valence-electron chi connectivity index (χ1n) is 8.21. The van der Waals surface area contributed by atoms with Gasteiger partial charge in [-0.05, 0) is 12.1 Å². The smallest absolute Gasteiger partial charge is 0.205 e. The fraction of sp³-hybridized carbons (Fsp3) is 0.529. The number of nitrogens with zero attached hydrogens (tertiary/aromatic N) is 4. The quantitative estimate of drug-likeness (QED) is 0.814. The number of para-hydroxylation sites is 1. The second-order valence-corrected chi connectivity index (χ2v) is 6.81. The van der Waals surface area contributed by atoms with Gasteiger partial charge >= 0.3 is 0 Å². The van der Waals surface area contributed by atoms with E-state index in [0.717, 1.165) is 56.0 Å². The van der Waals surface area contributed by atoms with Crippen molar-refractivity contribution in [2.75, 3.05) is 44.2 Å². The zero-order valence-corrected chi connectivity index (χ0v) is 14.6. The van der Waals surface area contributed by atoms with Gasteiger partial charge in [0.05, 0.1) is 0 Å². The molecule has 0 radical (unpaired) electrons. The average molecular weight is 332 g/mol. The van der Waals surface area contributed by atoms with Crippen molar-refractivity contribution in [3.05, 3.63) is 36.2 Å². The molecular weight excluding hydrogens is 308 g/mol. The first kappa shape index (κ1) is 16.2. The molecule has 1 aliphatic heterocycles. The minimum absolute atomic E-state index is 0.399. The van der Waals surface area contributed by atoms with Gasteiger partial charge in [-0.15, -0.1) is 0 Å². The molecule has 6 heteroatoms. The maximum absolute atomic E-state index is 5.77. The lowest BCUT2D eigenvalue weighted by Crippen LogP contribution is -2.47. The van der Waals surface area contributed by atoms with Crippen LogP contribution in [0.5, 0.6) is 5.75 Å². The Hall–Kier alpha value is -1.66. The molecule has 5 nitrogen and oxygen atoms in total. The lowest BCUT2D eigenvalue weighted by molar-refractivity contribution is 0.200. The first-order valence-corrected chi connectivity index (χ1v) is 8.98. The zero-order chi connectivity index (χ0) is 16.1. The molecule has 0 bridgehead atoms. The highest BCUT2D eigenvalue weighted by Crippen LogP contribution is 2.22. The molecule has 0 unspecified atom stereocenters. The number of piperazine rings is 1. The molecule has 2 heterocycles. The Morgan fingerprint density at radius 3 is 2.52 bits per heavy atom. The Labute approximate surface area is 142 Å². The van der Waals surface area contributed by atoms with E-state index in [1.54, 1.807) is 0 Å². The minimum Gasteiger partial charge on any atom is -0.492 e. The van der Waals surface area contributed by atoms with E-state index in [1.165, 1.54) is 11.5 Å². The van der Waals surface area contributed by atoms with Crippen LogP contribution in [0.15, 0.2) is 30.3 Å². The van der Waals surface area contributed by atoms with E-state index in [1.807, 2.05) is 30.3 Å². The van der Waals surface area contributed by atoms with Crippen LogP contribution in [-0.4, -0.2) is 53.6 Å². The van der Waals surface area contributed by atoms with Gasteiger partial charge in [-0.25, -0.2) is 4.98 Å². The van der Waals surface area contributed by atoms with E-state index in [0.29, 0.717) is 5.92 Å². The number of rotatable bonds is 6. The second-order valence-electron chi connectivity index (χ2n) is 6.08. The van der Waals surface area contributed by atoms with Gasteiger partial charge in [-0.1, -0.05) is 32.0 Å². The maximum Gasteiger partial charge on any atom is 0.205 e. The van der Waals surface area contributed by atoms with Crippen LogP contribution in [-0.2, 0) is 0 Å². The number of aromatic nitrogens is 2. The van der Waals surface area contributed by atoms with Gasteiger partial charge in [0, 0.05) is 50.2 Å². The minimum atomic E-state index is 0.399. The molecule has 0 atom stereocenters. The summed E-state index contributed by atoms with van der Waals surface area (Å²) >= 11 is 1.52. The number of hydrogen-bond donors (Lipinski definition) is 0. The van der Waals surface area contributed by atoms with Crippen LogP contribution in [0.1, 0.15) is 25.6 Å². The van der Waals surface area contributed by atoms with E-state index in [4.69, 9.17) is 4.74 Å². The second kappa shape index (κ2) is 7.75. The molecular formula is C17H24N4OS. The maximum atomic E-state index is 5.77. The molecule has 0 N–H and O–H groups in total. The Morgan fingerprint density at radius 2 is 1.87 bits per heavy atom. The van der Waals surface area contributed by atoms with Crippen molar-refractivity contribution in [1.82, 2.24) is 14.3 Å². The third-order valence-corrected chi connectivity index (χ3v) is 4.80. The lowest BCUT2D eigenvalue weighted by atomic mass is 10.2. The summed E-state index contributed by atoms with van der Waals surface area (Å²) in [5.41, 5.74) is 0. The third kappa shape index (κ3) is 4.42. The number of anilines is 1. The summed E-state index contributed by atoms with van der Waals surface area (Å²) in [6.45, 7) is 10.1. The highest BCUT2D eigenvalue weighted by Gasteiger charge is 2.20. The van der Waals surface area contributed by atoms with Crippen molar-refractivity contribution in [1.29, 1.82) is 0 Å². The largest absolute Gasteiger partial charge is 0.492 e. The molecule has 23 heavy (non-hydrogen) atoms. The summed E-state index contributed by atoms with van der Waals surface area (Å²) in [5, 5.41) is 1.06. The van der Waals surface area contributed by atoms with Crippen LogP contribution in [0, 0.1) is 0 Å². The zero-order valence-electron chi connectivity index (χ0n) is 13.8. The van der Waals surface area contributed by atoms with E-state index in [-0.39, 0.29) is 0 Å². The molecule has 124 valence electrons. The van der Waals surface area contributed by atoms with Gasteiger partial charge in [0.2, 0.25) is 5.13 Å². The summed E-state index contributed by atoms with van der Waals surface area (Å²) in [6, 6.07) is 10.0. The fourth-order valence-corrected chi connectivity index (χ4v) is 3.42. The SMILES string of the molecule is CC(C)c1nsc(N2CCN(CCOc3ccccc3)CC2)n1. The van der Waals surface area contributed by atoms with Gasteiger partial charge < -0.3 is 9.64 Å². The predicted octanol–water partition coefficient (Wildman–Crippen LogP) is 2.86. The van der Waals surface area contributed by atoms with Gasteiger partial charge in [0.15, 0.2) is 0 Å². The molecule has 1 fully saturated rings. The van der Waals surface area contributed by atoms with Crippen LogP contribution in [0.2, 0.25) is 0 Å². The molecule has 1 saturated heterocycles. The van der Waals surface area contributed by atoms with Crippen LogP contribution in [0.3, 0.4) is 0 Å². The highest BCUT2D eigenvalue weighted by atomic mass is 32.1. The molecule has 2 aromatic rings. The predicted molar refractivity (Wildman–Crippen MR) is 94.6 cm³/mol.